The second kappa shape index (κ2) is 4.07. The number of aliphatic hydroxyl groups excluding tert-OH is 1. The topological polar surface area (TPSA) is 32.3 Å². The van der Waals surface area contributed by atoms with Crippen LogP contribution < -0.4 is 5.32 Å². The monoisotopic (exact) mass is 157 g/mol. The lowest BCUT2D eigenvalue weighted by Gasteiger charge is -2.27. The molecule has 0 unspecified atom stereocenters. The van der Waals surface area contributed by atoms with Gasteiger partial charge in [0, 0.05) is 5.54 Å². The standard InChI is InChI=1S/C9H19NO/c1-2-7-10-9(8-11)5-3-4-6-9/h10-11H,2-8H2,1H3. The van der Waals surface area contributed by atoms with E-state index < -0.39 is 0 Å². The zero-order valence-electron chi connectivity index (χ0n) is 7.40. The molecule has 1 aliphatic rings. The number of rotatable bonds is 4. The van der Waals surface area contributed by atoms with Gasteiger partial charge in [-0.15, -0.1) is 0 Å². The minimum atomic E-state index is 0.0933. The SMILES string of the molecule is CCCNC1(CO)CCCC1. The fraction of sp³-hybridized carbons (Fsp3) is 1.00. The van der Waals surface area contributed by atoms with Crippen molar-refractivity contribution in [2.75, 3.05) is 13.2 Å². The molecule has 0 bridgehead atoms. The van der Waals surface area contributed by atoms with Crippen LogP contribution in [0.25, 0.3) is 0 Å². The average Bonchev–Trinajstić information content (AvgIpc) is 2.50. The highest BCUT2D eigenvalue weighted by atomic mass is 16.3. The van der Waals surface area contributed by atoms with Gasteiger partial charge in [0.1, 0.15) is 0 Å². The highest BCUT2D eigenvalue weighted by Gasteiger charge is 2.31. The molecule has 1 aliphatic carbocycles. The fourth-order valence-electron chi connectivity index (χ4n) is 1.83. The Balaban J connectivity index is 2.33. The second-order valence-electron chi connectivity index (χ2n) is 3.57. The summed E-state index contributed by atoms with van der Waals surface area (Å²) in [6, 6.07) is 0. The molecule has 0 atom stereocenters. The maximum absolute atomic E-state index is 9.18. The molecule has 1 rings (SSSR count). The summed E-state index contributed by atoms with van der Waals surface area (Å²) in [4.78, 5) is 0. The molecule has 0 saturated heterocycles. The van der Waals surface area contributed by atoms with E-state index in [0.717, 1.165) is 25.8 Å². The van der Waals surface area contributed by atoms with E-state index in [0.29, 0.717) is 6.61 Å². The van der Waals surface area contributed by atoms with Crippen molar-refractivity contribution in [1.29, 1.82) is 0 Å². The lowest BCUT2D eigenvalue weighted by molar-refractivity contribution is 0.165. The normalized spacial score (nSPS) is 22.4. The maximum Gasteiger partial charge on any atom is 0.0613 e. The predicted molar refractivity (Wildman–Crippen MR) is 46.6 cm³/mol. The molecule has 0 aromatic carbocycles. The molecule has 0 amide bonds. The first kappa shape index (κ1) is 9.01. The van der Waals surface area contributed by atoms with Crippen LogP contribution in [-0.4, -0.2) is 23.8 Å². The Morgan fingerprint density at radius 2 is 2.00 bits per heavy atom. The van der Waals surface area contributed by atoms with Gasteiger partial charge >= 0.3 is 0 Å². The number of nitrogens with one attached hydrogen (secondary N) is 1. The van der Waals surface area contributed by atoms with Crippen LogP contribution in [0.3, 0.4) is 0 Å². The molecule has 0 aliphatic heterocycles. The van der Waals surface area contributed by atoms with Gasteiger partial charge in [-0.1, -0.05) is 19.8 Å². The molecular formula is C9H19NO. The van der Waals surface area contributed by atoms with Crippen molar-refractivity contribution in [2.45, 2.75) is 44.6 Å². The lowest BCUT2D eigenvalue weighted by Crippen LogP contribution is -2.46. The zero-order valence-corrected chi connectivity index (χ0v) is 7.40. The van der Waals surface area contributed by atoms with Crippen molar-refractivity contribution in [3.63, 3.8) is 0 Å². The minimum Gasteiger partial charge on any atom is -0.394 e. The summed E-state index contributed by atoms with van der Waals surface area (Å²) in [6.45, 7) is 3.51. The Morgan fingerprint density at radius 3 is 2.45 bits per heavy atom. The minimum absolute atomic E-state index is 0.0933. The second-order valence-corrected chi connectivity index (χ2v) is 3.57. The Kier molecular flexibility index (Phi) is 3.34. The number of hydrogen-bond acceptors (Lipinski definition) is 2. The van der Waals surface area contributed by atoms with Crippen molar-refractivity contribution >= 4 is 0 Å². The van der Waals surface area contributed by atoms with Crippen molar-refractivity contribution in [2.24, 2.45) is 0 Å². The molecule has 0 spiro atoms. The van der Waals surface area contributed by atoms with E-state index in [2.05, 4.69) is 12.2 Å². The van der Waals surface area contributed by atoms with Gasteiger partial charge in [0.2, 0.25) is 0 Å². The molecule has 0 aromatic heterocycles. The molecule has 1 saturated carbocycles. The van der Waals surface area contributed by atoms with Crippen LogP contribution in [-0.2, 0) is 0 Å². The van der Waals surface area contributed by atoms with Gasteiger partial charge in [-0.25, -0.2) is 0 Å². The first-order valence-electron chi connectivity index (χ1n) is 4.69. The van der Waals surface area contributed by atoms with E-state index in [9.17, 15) is 5.11 Å². The third kappa shape index (κ3) is 2.17. The molecular weight excluding hydrogens is 138 g/mol. The summed E-state index contributed by atoms with van der Waals surface area (Å²) in [5.41, 5.74) is 0.0933. The molecule has 1 fully saturated rings. The molecule has 2 heteroatoms. The van der Waals surface area contributed by atoms with Crippen molar-refractivity contribution in [3.8, 4) is 0 Å². The van der Waals surface area contributed by atoms with Gasteiger partial charge in [-0.3, -0.25) is 0 Å². The lowest BCUT2D eigenvalue weighted by atomic mass is 9.99. The summed E-state index contributed by atoms with van der Waals surface area (Å²) < 4.78 is 0. The summed E-state index contributed by atoms with van der Waals surface area (Å²) in [5, 5.41) is 12.6. The number of hydrogen-bond donors (Lipinski definition) is 2. The molecule has 0 radical (unpaired) electrons. The van der Waals surface area contributed by atoms with Crippen molar-refractivity contribution < 1.29 is 5.11 Å². The fourth-order valence-corrected chi connectivity index (χ4v) is 1.83. The van der Waals surface area contributed by atoms with Gasteiger partial charge in [-0.05, 0) is 25.8 Å². The smallest absolute Gasteiger partial charge is 0.0613 e. The third-order valence-electron chi connectivity index (χ3n) is 2.61. The van der Waals surface area contributed by atoms with Crippen LogP contribution in [0.15, 0.2) is 0 Å². The molecule has 0 heterocycles. The van der Waals surface area contributed by atoms with Crippen LogP contribution in [0.2, 0.25) is 0 Å². The highest BCUT2D eigenvalue weighted by molar-refractivity contribution is 4.91. The van der Waals surface area contributed by atoms with Crippen LogP contribution in [0, 0.1) is 0 Å². The molecule has 66 valence electrons. The Bertz CT molecular complexity index is 108. The van der Waals surface area contributed by atoms with Crippen molar-refractivity contribution in [1.82, 2.24) is 5.32 Å². The van der Waals surface area contributed by atoms with Gasteiger partial charge in [0.05, 0.1) is 6.61 Å². The zero-order chi connectivity index (χ0) is 8.16. The highest BCUT2D eigenvalue weighted by Crippen LogP contribution is 2.28. The van der Waals surface area contributed by atoms with E-state index in [4.69, 9.17) is 0 Å². The maximum atomic E-state index is 9.18. The van der Waals surface area contributed by atoms with Gasteiger partial charge in [-0.2, -0.15) is 0 Å². The first-order valence-corrected chi connectivity index (χ1v) is 4.69. The van der Waals surface area contributed by atoms with E-state index in [1.807, 2.05) is 0 Å². The first-order chi connectivity index (χ1) is 5.33. The Labute approximate surface area is 69.0 Å². The van der Waals surface area contributed by atoms with Crippen LogP contribution in [0.5, 0.6) is 0 Å². The average molecular weight is 157 g/mol. The van der Waals surface area contributed by atoms with Gasteiger partial charge < -0.3 is 10.4 Å². The van der Waals surface area contributed by atoms with E-state index in [1.54, 1.807) is 0 Å². The van der Waals surface area contributed by atoms with Crippen LogP contribution in [0.1, 0.15) is 39.0 Å². The predicted octanol–water partition coefficient (Wildman–Crippen LogP) is 1.29. The van der Waals surface area contributed by atoms with Gasteiger partial charge in [0.25, 0.3) is 0 Å². The van der Waals surface area contributed by atoms with Gasteiger partial charge in [0.15, 0.2) is 0 Å². The quantitative estimate of drug-likeness (QED) is 0.644. The Morgan fingerprint density at radius 1 is 1.36 bits per heavy atom. The summed E-state index contributed by atoms with van der Waals surface area (Å²) in [5.74, 6) is 0. The summed E-state index contributed by atoms with van der Waals surface area (Å²) in [7, 11) is 0. The van der Waals surface area contributed by atoms with E-state index in [1.165, 1.54) is 12.8 Å². The van der Waals surface area contributed by atoms with Crippen LogP contribution in [0.4, 0.5) is 0 Å². The Hall–Kier alpha value is -0.0800. The largest absolute Gasteiger partial charge is 0.394 e. The van der Waals surface area contributed by atoms with Crippen molar-refractivity contribution in [3.05, 3.63) is 0 Å². The third-order valence-corrected chi connectivity index (χ3v) is 2.61. The molecule has 2 N–H and O–H groups in total. The van der Waals surface area contributed by atoms with E-state index in [-0.39, 0.29) is 5.54 Å². The van der Waals surface area contributed by atoms with E-state index >= 15 is 0 Å². The summed E-state index contributed by atoms with van der Waals surface area (Å²) >= 11 is 0. The molecule has 2 nitrogen and oxygen atoms in total. The molecule has 11 heavy (non-hydrogen) atoms. The summed E-state index contributed by atoms with van der Waals surface area (Å²) in [6.07, 6.45) is 6.02. The van der Waals surface area contributed by atoms with Crippen LogP contribution >= 0.6 is 0 Å². The molecule has 0 aromatic rings. The number of aliphatic hydroxyl groups is 1.